The van der Waals surface area contributed by atoms with Gasteiger partial charge in [0.05, 0.1) is 21.3 Å². The van der Waals surface area contributed by atoms with Gasteiger partial charge in [-0.3, -0.25) is 4.99 Å². The van der Waals surface area contributed by atoms with E-state index < -0.39 is 0 Å². The molecule has 0 radical (unpaired) electrons. The fraction of sp³-hybridized carbons (Fsp3) is 0.588. The van der Waals surface area contributed by atoms with Gasteiger partial charge in [0.2, 0.25) is 5.75 Å². The van der Waals surface area contributed by atoms with E-state index in [0.717, 1.165) is 24.5 Å². The Morgan fingerprint density at radius 2 is 1.62 bits per heavy atom. The average molecular weight is 451 g/mol. The van der Waals surface area contributed by atoms with Crippen molar-refractivity contribution in [1.82, 2.24) is 10.6 Å². The van der Waals surface area contributed by atoms with Crippen LogP contribution in [-0.4, -0.2) is 40.9 Å². The predicted molar refractivity (Wildman–Crippen MR) is 109 cm³/mol. The van der Waals surface area contributed by atoms with Gasteiger partial charge < -0.3 is 24.8 Å². The van der Waals surface area contributed by atoms with Crippen molar-refractivity contribution in [3.05, 3.63) is 17.7 Å². The molecular weight excluding hydrogens is 421 g/mol. The summed E-state index contributed by atoms with van der Waals surface area (Å²) in [4.78, 5) is 4.23. The summed E-state index contributed by atoms with van der Waals surface area (Å²) in [5.74, 6) is 2.68. The Balaban J connectivity index is 0.00000529. The second kappa shape index (κ2) is 13.0. The van der Waals surface area contributed by atoms with Crippen molar-refractivity contribution in [1.29, 1.82) is 0 Å². The summed E-state index contributed by atoms with van der Waals surface area (Å²) in [5, 5.41) is 6.60. The lowest BCUT2D eigenvalue weighted by Gasteiger charge is -2.16. The number of benzene rings is 1. The zero-order chi connectivity index (χ0) is 17.1. The first-order valence-electron chi connectivity index (χ1n) is 7.93. The molecule has 24 heavy (non-hydrogen) atoms. The molecule has 0 heterocycles. The van der Waals surface area contributed by atoms with Crippen LogP contribution in [-0.2, 0) is 6.54 Å². The number of rotatable bonds is 9. The highest BCUT2D eigenvalue weighted by atomic mass is 127. The van der Waals surface area contributed by atoms with Crippen molar-refractivity contribution >= 4 is 29.9 Å². The summed E-state index contributed by atoms with van der Waals surface area (Å²) < 4.78 is 16.1. The van der Waals surface area contributed by atoms with Crippen LogP contribution in [0.5, 0.6) is 17.2 Å². The smallest absolute Gasteiger partial charge is 0.203 e. The molecule has 0 aliphatic rings. The first kappa shape index (κ1) is 22.6. The molecule has 2 N–H and O–H groups in total. The van der Waals surface area contributed by atoms with E-state index in [1.165, 1.54) is 12.8 Å². The number of aliphatic imine (C=N–C) groups is 1. The normalized spacial score (nSPS) is 10.6. The highest BCUT2D eigenvalue weighted by Crippen LogP contribution is 2.38. The van der Waals surface area contributed by atoms with Gasteiger partial charge >= 0.3 is 0 Å². The third-order valence-electron chi connectivity index (χ3n) is 3.48. The summed E-state index contributed by atoms with van der Waals surface area (Å²) >= 11 is 0. The van der Waals surface area contributed by atoms with Crippen LogP contribution in [0.1, 0.15) is 31.7 Å². The lowest BCUT2D eigenvalue weighted by atomic mass is 10.2. The van der Waals surface area contributed by atoms with Gasteiger partial charge in [-0.25, -0.2) is 0 Å². The Morgan fingerprint density at radius 1 is 1.00 bits per heavy atom. The number of halogens is 1. The van der Waals surface area contributed by atoms with Crippen LogP contribution in [0.4, 0.5) is 0 Å². The van der Waals surface area contributed by atoms with Crippen molar-refractivity contribution in [3.63, 3.8) is 0 Å². The first-order chi connectivity index (χ1) is 11.2. The maximum absolute atomic E-state index is 5.37. The summed E-state index contributed by atoms with van der Waals surface area (Å²) in [5.41, 5.74) is 1.02. The Morgan fingerprint density at radius 3 is 2.08 bits per heavy atom. The van der Waals surface area contributed by atoms with Crippen LogP contribution >= 0.6 is 24.0 Å². The van der Waals surface area contributed by atoms with E-state index >= 15 is 0 Å². The average Bonchev–Trinajstić information content (AvgIpc) is 2.59. The number of hydrogen-bond acceptors (Lipinski definition) is 4. The van der Waals surface area contributed by atoms with Crippen molar-refractivity contribution in [3.8, 4) is 17.2 Å². The zero-order valence-corrected chi connectivity index (χ0v) is 17.6. The van der Waals surface area contributed by atoms with Gasteiger partial charge in [-0.1, -0.05) is 19.8 Å². The highest BCUT2D eigenvalue weighted by molar-refractivity contribution is 14.0. The fourth-order valence-corrected chi connectivity index (χ4v) is 2.23. The molecule has 1 rings (SSSR count). The maximum Gasteiger partial charge on any atom is 0.203 e. The number of guanidine groups is 1. The van der Waals surface area contributed by atoms with Crippen molar-refractivity contribution in [2.45, 2.75) is 32.7 Å². The molecule has 0 saturated heterocycles. The second-order valence-electron chi connectivity index (χ2n) is 5.09. The minimum Gasteiger partial charge on any atom is -0.493 e. The number of hydrogen-bond donors (Lipinski definition) is 2. The van der Waals surface area contributed by atoms with E-state index in [1.54, 1.807) is 28.4 Å². The minimum atomic E-state index is 0. The van der Waals surface area contributed by atoms with Crippen molar-refractivity contribution < 1.29 is 14.2 Å². The molecule has 1 aromatic carbocycles. The topological polar surface area (TPSA) is 64.1 Å². The Labute approximate surface area is 162 Å². The zero-order valence-electron chi connectivity index (χ0n) is 15.3. The van der Waals surface area contributed by atoms with Crippen molar-refractivity contribution in [2.24, 2.45) is 4.99 Å². The quantitative estimate of drug-likeness (QED) is 0.261. The van der Waals surface area contributed by atoms with E-state index in [9.17, 15) is 0 Å². The monoisotopic (exact) mass is 451 g/mol. The molecule has 0 atom stereocenters. The Hall–Kier alpha value is -1.38. The van der Waals surface area contributed by atoms with Crippen LogP contribution < -0.4 is 24.8 Å². The number of methoxy groups -OCH3 is 3. The Bertz CT molecular complexity index is 485. The summed E-state index contributed by atoms with van der Waals surface area (Å²) in [6.45, 7) is 3.73. The molecule has 138 valence electrons. The Kier molecular flexibility index (Phi) is 12.2. The van der Waals surface area contributed by atoms with E-state index in [0.29, 0.717) is 23.8 Å². The van der Waals surface area contributed by atoms with Crippen LogP contribution in [0.2, 0.25) is 0 Å². The maximum atomic E-state index is 5.37. The highest BCUT2D eigenvalue weighted by Gasteiger charge is 2.13. The number of ether oxygens (including phenoxy) is 3. The van der Waals surface area contributed by atoms with E-state index in [2.05, 4.69) is 22.5 Å². The lowest BCUT2D eigenvalue weighted by molar-refractivity contribution is 0.323. The van der Waals surface area contributed by atoms with Gasteiger partial charge in [-0.2, -0.15) is 0 Å². The predicted octanol–water partition coefficient (Wildman–Crippen LogP) is 3.19. The molecule has 0 saturated carbocycles. The molecule has 0 aliphatic heterocycles. The van der Waals surface area contributed by atoms with Crippen LogP contribution in [0.15, 0.2) is 17.1 Å². The van der Waals surface area contributed by atoms with E-state index in [-0.39, 0.29) is 24.0 Å². The molecule has 0 bridgehead atoms. The molecular formula is C17H30IN3O3. The molecule has 6 nitrogen and oxygen atoms in total. The second-order valence-corrected chi connectivity index (χ2v) is 5.09. The molecule has 0 amide bonds. The number of nitrogens with zero attached hydrogens (tertiary/aromatic N) is 1. The summed E-state index contributed by atoms with van der Waals surface area (Å²) in [6.07, 6.45) is 3.57. The lowest BCUT2D eigenvalue weighted by Crippen LogP contribution is -2.37. The largest absolute Gasteiger partial charge is 0.493 e. The van der Waals surface area contributed by atoms with Gasteiger partial charge in [0, 0.05) is 20.1 Å². The minimum absolute atomic E-state index is 0. The third kappa shape index (κ3) is 7.02. The van der Waals surface area contributed by atoms with E-state index in [4.69, 9.17) is 14.2 Å². The first-order valence-corrected chi connectivity index (χ1v) is 7.93. The van der Waals surface area contributed by atoms with Gasteiger partial charge in [-0.05, 0) is 24.1 Å². The van der Waals surface area contributed by atoms with E-state index in [1.807, 2.05) is 12.1 Å². The van der Waals surface area contributed by atoms with Gasteiger partial charge in [0.25, 0.3) is 0 Å². The van der Waals surface area contributed by atoms with Crippen LogP contribution in [0, 0.1) is 0 Å². The standard InChI is InChI=1S/C17H29N3O3.HI/c1-6-7-8-9-19-17(18-2)20-12-13-10-14(21-3)16(23-5)15(11-13)22-4;/h10-11H,6-9,12H2,1-5H3,(H2,18,19,20);1H. The molecule has 0 aromatic heterocycles. The molecule has 0 spiro atoms. The fourth-order valence-electron chi connectivity index (χ4n) is 2.23. The van der Waals surface area contributed by atoms with Gasteiger partial charge in [-0.15, -0.1) is 24.0 Å². The van der Waals surface area contributed by atoms with Crippen molar-refractivity contribution in [2.75, 3.05) is 34.9 Å². The summed E-state index contributed by atoms with van der Waals surface area (Å²) in [6, 6.07) is 3.86. The van der Waals surface area contributed by atoms with Crippen LogP contribution in [0.25, 0.3) is 0 Å². The molecule has 0 unspecified atom stereocenters. The van der Waals surface area contributed by atoms with Crippen LogP contribution in [0.3, 0.4) is 0 Å². The molecule has 1 aromatic rings. The molecule has 7 heteroatoms. The molecule has 0 fully saturated rings. The van der Waals surface area contributed by atoms with Gasteiger partial charge in [0.15, 0.2) is 17.5 Å². The SMILES string of the molecule is CCCCCNC(=NC)NCc1cc(OC)c(OC)c(OC)c1.I. The number of nitrogens with one attached hydrogen (secondary N) is 2. The third-order valence-corrected chi connectivity index (χ3v) is 3.48. The number of unbranched alkanes of at least 4 members (excludes halogenated alkanes) is 2. The molecule has 0 aliphatic carbocycles. The van der Waals surface area contributed by atoms with Gasteiger partial charge in [0.1, 0.15) is 0 Å². The summed E-state index contributed by atoms with van der Waals surface area (Å²) in [7, 11) is 6.59.